The lowest BCUT2D eigenvalue weighted by Crippen LogP contribution is -2.17. The van der Waals surface area contributed by atoms with Crippen LogP contribution in [-0.4, -0.2) is 9.97 Å². The fourth-order valence-corrected chi connectivity index (χ4v) is 0.734. The molecule has 1 aromatic rings. The maximum absolute atomic E-state index is 4.84. The van der Waals surface area contributed by atoms with E-state index in [1.807, 2.05) is 6.92 Å². The summed E-state index contributed by atoms with van der Waals surface area (Å²) < 4.78 is 0. The Morgan fingerprint density at radius 1 is 1.60 bits per heavy atom. The van der Waals surface area contributed by atoms with Crippen LogP contribution in [0.2, 0.25) is 0 Å². The Labute approximate surface area is 57.4 Å². The maximum Gasteiger partial charge on any atom is 0.284 e. The van der Waals surface area contributed by atoms with E-state index in [4.69, 9.17) is 4.84 Å². The molecule has 0 saturated heterocycles. The number of hydrazine groups is 1. The van der Waals surface area contributed by atoms with Crippen molar-refractivity contribution in [1.82, 2.24) is 15.6 Å². The van der Waals surface area contributed by atoms with Crippen molar-refractivity contribution in [2.75, 3.05) is 5.43 Å². The van der Waals surface area contributed by atoms with Crippen LogP contribution in [0, 0.1) is 6.92 Å². The first-order valence-electron chi connectivity index (χ1n) is 2.88. The molecule has 0 atom stereocenters. The zero-order chi connectivity index (χ0) is 6.97. The van der Waals surface area contributed by atoms with Crippen LogP contribution < -0.4 is 15.9 Å². The molecular formula is C5H6N4O. The Morgan fingerprint density at radius 3 is 3.40 bits per heavy atom. The van der Waals surface area contributed by atoms with Crippen LogP contribution in [0.5, 0.6) is 5.88 Å². The molecule has 0 saturated carbocycles. The lowest BCUT2D eigenvalue weighted by atomic mass is 10.5. The summed E-state index contributed by atoms with van der Waals surface area (Å²) in [7, 11) is 0. The van der Waals surface area contributed by atoms with Crippen molar-refractivity contribution in [2.45, 2.75) is 6.92 Å². The second-order valence-corrected chi connectivity index (χ2v) is 1.99. The SMILES string of the molecule is Cc1cnc2c(n1)ONN2. The number of rotatable bonds is 0. The van der Waals surface area contributed by atoms with Crippen LogP contribution in [0.4, 0.5) is 5.82 Å². The molecule has 52 valence electrons. The van der Waals surface area contributed by atoms with Crippen LogP contribution in [0.25, 0.3) is 0 Å². The third kappa shape index (κ3) is 0.679. The molecule has 1 aliphatic rings. The fraction of sp³-hybridized carbons (Fsp3) is 0.200. The standard InChI is InChI=1S/C5H6N4O/c1-3-2-6-4-5(7-3)10-9-8-4/h2,9H,1H3,(H,6,8). The van der Waals surface area contributed by atoms with Gasteiger partial charge >= 0.3 is 0 Å². The zero-order valence-corrected chi connectivity index (χ0v) is 5.38. The number of anilines is 1. The third-order valence-corrected chi connectivity index (χ3v) is 1.18. The lowest BCUT2D eigenvalue weighted by Gasteiger charge is -1.92. The summed E-state index contributed by atoms with van der Waals surface area (Å²) in [6.07, 6.45) is 1.67. The van der Waals surface area contributed by atoms with Crippen molar-refractivity contribution in [1.29, 1.82) is 0 Å². The molecule has 5 nitrogen and oxygen atoms in total. The van der Waals surface area contributed by atoms with Gasteiger partial charge in [0.05, 0.1) is 11.9 Å². The molecule has 0 amide bonds. The Kier molecular flexibility index (Phi) is 0.983. The summed E-state index contributed by atoms with van der Waals surface area (Å²) in [5.41, 5.74) is 5.96. The van der Waals surface area contributed by atoms with E-state index >= 15 is 0 Å². The molecule has 1 aromatic heterocycles. The van der Waals surface area contributed by atoms with Crippen molar-refractivity contribution in [2.24, 2.45) is 0 Å². The highest BCUT2D eigenvalue weighted by Gasteiger charge is 2.13. The molecule has 0 spiro atoms. The Morgan fingerprint density at radius 2 is 2.50 bits per heavy atom. The van der Waals surface area contributed by atoms with Crippen LogP contribution in [-0.2, 0) is 0 Å². The summed E-state index contributed by atoms with van der Waals surface area (Å²) in [5.74, 6) is 1.13. The summed E-state index contributed by atoms with van der Waals surface area (Å²) in [6, 6.07) is 0. The van der Waals surface area contributed by atoms with Gasteiger partial charge in [-0.1, -0.05) is 5.59 Å². The molecule has 1 aliphatic heterocycles. The first-order chi connectivity index (χ1) is 4.86. The van der Waals surface area contributed by atoms with Gasteiger partial charge in [-0.05, 0) is 6.92 Å². The van der Waals surface area contributed by atoms with E-state index in [2.05, 4.69) is 21.0 Å². The van der Waals surface area contributed by atoms with E-state index < -0.39 is 0 Å². The molecule has 0 radical (unpaired) electrons. The van der Waals surface area contributed by atoms with Crippen LogP contribution in [0.1, 0.15) is 5.69 Å². The molecule has 5 heteroatoms. The number of hydrogen-bond acceptors (Lipinski definition) is 5. The molecule has 0 bridgehead atoms. The molecule has 0 aliphatic carbocycles. The molecule has 2 heterocycles. The average molecular weight is 138 g/mol. The van der Waals surface area contributed by atoms with Crippen LogP contribution >= 0.6 is 0 Å². The Balaban J connectivity index is 2.52. The molecule has 0 fully saturated rings. The third-order valence-electron chi connectivity index (χ3n) is 1.18. The minimum Gasteiger partial charge on any atom is -0.365 e. The lowest BCUT2D eigenvalue weighted by molar-refractivity contribution is 0.237. The van der Waals surface area contributed by atoms with Crippen molar-refractivity contribution in [3.05, 3.63) is 11.9 Å². The van der Waals surface area contributed by atoms with E-state index in [1.54, 1.807) is 6.20 Å². The molecular weight excluding hydrogens is 132 g/mol. The topological polar surface area (TPSA) is 59.1 Å². The normalized spacial score (nSPS) is 13.7. The first-order valence-corrected chi connectivity index (χ1v) is 2.88. The van der Waals surface area contributed by atoms with Crippen molar-refractivity contribution in [3.8, 4) is 5.88 Å². The van der Waals surface area contributed by atoms with Crippen molar-refractivity contribution in [3.63, 3.8) is 0 Å². The molecule has 10 heavy (non-hydrogen) atoms. The quantitative estimate of drug-likeness (QED) is 0.528. The Hall–Kier alpha value is -1.36. The smallest absolute Gasteiger partial charge is 0.284 e. The monoisotopic (exact) mass is 138 g/mol. The van der Waals surface area contributed by atoms with Gasteiger partial charge in [0.1, 0.15) is 0 Å². The first kappa shape index (κ1) is 5.43. The highest BCUT2D eigenvalue weighted by atomic mass is 16.7. The average Bonchev–Trinajstić information content (AvgIpc) is 2.33. The van der Waals surface area contributed by atoms with E-state index in [1.165, 1.54) is 0 Å². The molecule has 0 unspecified atom stereocenters. The van der Waals surface area contributed by atoms with Crippen LogP contribution in [0.15, 0.2) is 6.20 Å². The van der Waals surface area contributed by atoms with Gasteiger partial charge in [0.25, 0.3) is 5.88 Å². The number of hydrogen-bond donors (Lipinski definition) is 2. The summed E-state index contributed by atoms with van der Waals surface area (Å²) in [5, 5.41) is 0. The minimum absolute atomic E-state index is 0.500. The molecule has 0 aromatic carbocycles. The number of nitrogens with zero attached hydrogens (tertiary/aromatic N) is 2. The van der Waals surface area contributed by atoms with Crippen molar-refractivity contribution < 1.29 is 4.84 Å². The second-order valence-electron chi connectivity index (χ2n) is 1.99. The van der Waals surface area contributed by atoms with Gasteiger partial charge in [0, 0.05) is 0 Å². The van der Waals surface area contributed by atoms with Crippen molar-refractivity contribution >= 4 is 5.82 Å². The van der Waals surface area contributed by atoms with Gasteiger partial charge in [-0.3, -0.25) is 5.43 Å². The summed E-state index contributed by atoms with van der Waals surface area (Å²) in [4.78, 5) is 12.9. The minimum atomic E-state index is 0.500. The van der Waals surface area contributed by atoms with Gasteiger partial charge in [-0.25, -0.2) is 9.97 Å². The van der Waals surface area contributed by atoms with Gasteiger partial charge in [0.15, 0.2) is 0 Å². The molecule has 2 rings (SSSR count). The van der Waals surface area contributed by atoms with Gasteiger partial charge in [-0.2, -0.15) is 0 Å². The zero-order valence-electron chi connectivity index (χ0n) is 5.38. The van der Waals surface area contributed by atoms with E-state index in [0.717, 1.165) is 5.69 Å². The van der Waals surface area contributed by atoms with Gasteiger partial charge in [0.2, 0.25) is 5.82 Å². The summed E-state index contributed by atoms with van der Waals surface area (Å²) >= 11 is 0. The molecule has 2 N–H and O–H groups in total. The van der Waals surface area contributed by atoms with Gasteiger partial charge < -0.3 is 4.84 Å². The number of aromatic nitrogens is 2. The van der Waals surface area contributed by atoms with Crippen LogP contribution in [0.3, 0.4) is 0 Å². The van der Waals surface area contributed by atoms with E-state index in [0.29, 0.717) is 11.7 Å². The number of aryl methyl sites for hydroxylation is 1. The maximum atomic E-state index is 4.84. The number of nitrogens with one attached hydrogen (secondary N) is 2. The summed E-state index contributed by atoms with van der Waals surface area (Å²) in [6.45, 7) is 1.86. The second kappa shape index (κ2) is 1.81. The highest BCUT2D eigenvalue weighted by molar-refractivity contribution is 5.46. The largest absolute Gasteiger partial charge is 0.365 e. The van der Waals surface area contributed by atoms with Gasteiger partial charge in [-0.15, -0.1) is 0 Å². The highest BCUT2D eigenvalue weighted by Crippen LogP contribution is 2.20. The predicted octanol–water partition coefficient (Wildman–Crippen LogP) is 0.00892. The number of fused-ring (bicyclic) bond motifs is 1. The van der Waals surface area contributed by atoms with E-state index in [9.17, 15) is 0 Å². The predicted molar refractivity (Wildman–Crippen MR) is 34.2 cm³/mol. The fourth-order valence-electron chi connectivity index (χ4n) is 0.734. The Bertz CT molecular complexity index is 262. The van der Waals surface area contributed by atoms with E-state index in [-0.39, 0.29) is 0 Å².